The molecule has 30 heavy (non-hydrogen) atoms. The SMILES string of the molecule is CC1CCCc2cc(F)cc(n2)C2COC(=O)N2c2ccn3ncc(c3n2)C(=O)N1. The number of nitrogens with zero attached hydrogens (tertiary/aromatic N) is 5. The molecule has 1 N–H and O–H groups in total. The summed E-state index contributed by atoms with van der Waals surface area (Å²) in [7, 11) is 0. The Morgan fingerprint density at radius 1 is 1.27 bits per heavy atom. The molecular weight excluding hydrogens is 391 g/mol. The third-order valence-corrected chi connectivity index (χ3v) is 5.37. The van der Waals surface area contributed by atoms with E-state index in [0.29, 0.717) is 35.4 Å². The Hall–Kier alpha value is -3.56. The van der Waals surface area contributed by atoms with Crippen LogP contribution in [-0.4, -0.2) is 44.2 Å². The second-order valence-corrected chi connectivity index (χ2v) is 7.54. The summed E-state index contributed by atoms with van der Waals surface area (Å²) in [6, 6.07) is 3.60. The maximum Gasteiger partial charge on any atom is 0.416 e. The van der Waals surface area contributed by atoms with Crippen LogP contribution in [-0.2, 0) is 11.2 Å². The molecule has 1 saturated heterocycles. The average Bonchev–Trinajstić information content (AvgIpc) is 3.29. The molecule has 1 fully saturated rings. The smallest absolute Gasteiger partial charge is 0.416 e. The van der Waals surface area contributed by atoms with Crippen molar-refractivity contribution in [2.45, 2.75) is 38.3 Å². The zero-order valence-corrected chi connectivity index (χ0v) is 16.2. The van der Waals surface area contributed by atoms with E-state index in [1.807, 2.05) is 6.92 Å². The van der Waals surface area contributed by atoms with Crippen molar-refractivity contribution in [3.63, 3.8) is 0 Å². The molecule has 3 aromatic rings. The van der Waals surface area contributed by atoms with Gasteiger partial charge in [0.15, 0.2) is 5.65 Å². The standard InChI is InChI=1S/C20H19FN6O3/c1-11-3-2-4-13-7-12(21)8-15(24-13)16-10-30-20(29)27(16)17-5-6-26-18(25-17)14(9-22-26)19(28)23-11/h5-9,11,16H,2-4,10H2,1H3,(H,23,28). The number of hydrogen-bond acceptors (Lipinski definition) is 6. The first-order valence-corrected chi connectivity index (χ1v) is 9.77. The molecule has 0 saturated carbocycles. The molecule has 2 aliphatic heterocycles. The molecule has 154 valence electrons. The fourth-order valence-electron chi connectivity index (χ4n) is 3.88. The Morgan fingerprint density at radius 2 is 2.13 bits per heavy atom. The Labute approximate surface area is 170 Å². The minimum Gasteiger partial charge on any atom is -0.446 e. The van der Waals surface area contributed by atoms with Gasteiger partial charge in [0.25, 0.3) is 5.91 Å². The monoisotopic (exact) mass is 410 g/mol. The summed E-state index contributed by atoms with van der Waals surface area (Å²) in [5.74, 6) is -0.427. The van der Waals surface area contributed by atoms with Crippen LogP contribution in [0.15, 0.2) is 30.6 Å². The van der Waals surface area contributed by atoms with Crippen LogP contribution in [0.25, 0.3) is 5.65 Å². The number of ether oxygens (including phenoxy) is 1. The molecule has 5 rings (SSSR count). The zero-order valence-electron chi connectivity index (χ0n) is 16.2. The summed E-state index contributed by atoms with van der Waals surface area (Å²) >= 11 is 0. The lowest BCUT2D eigenvalue weighted by Crippen LogP contribution is -2.32. The first kappa shape index (κ1) is 18.5. The highest BCUT2D eigenvalue weighted by molar-refractivity contribution is 6.00. The summed E-state index contributed by atoms with van der Waals surface area (Å²) in [5, 5.41) is 7.12. The molecular formula is C20H19FN6O3. The average molecular weight is 410 g/mol. The molecule has 3 aromatic heterocycles. The maximum atomic E-state index is 14.3. The van der Waals surface area contributed by atoms with E-state index in [4.69, 9.17) is 4.74 Å². The fourth-order valence-corrected chi connectivity index (χ4v) is 3.88. The van der Waals surface area contributed by atoms with Gasteiger partial charge >= 0.3 is 6.09 Å². The molecule has 0 radical (unpaired) electrons. The highest BCUT2D eigenvalue weighted by Gasteiger charge is 2.38. The molecule has 0 aliphatic carbocycles. The van der Waals surface area contributed by atoms with Crippen molar-refractivity contribution in [1.29, 1.82) is 0 Å². The molecule has 4 bridgehead atoms. The second kappa shape index (κ2) is 7.05. The molecule has 2 aliphatic rings. The summed E-state index contributed by atoms with van der Waals surface area (Å²) in [4.78, 5) is 35.7. The number of fused-ring (bicyclic) bond motifs is 6. The van der Waals surface area contributed by atoms with Gasteiger partial charge in [0.05, 0.1) is 11.9 Å². The van der Waals surface area contributed by atoms with Crippen LogP contribution in [0.2, 0.25) is 0 Å². The number of aromatic nitrogens is 4. The van der Waals surface area contributed by atoms with Crippen molar-refractivity contribution in [3.05, 3.63) is 53.4 Å². The third-order valence-electron chi connectivity index (χ3n) is 5.37. The van der Waals surface area contributed by atoms with Gasteiger partial charge in [-0.2, -0.15) is 5.10 Å². The Bertz CT molecular complexity index is 1160. The van der Waals surface area contributed by atoms with Crippen molar-refractivity contribution < 1.29 is 18.7 Å². The van der Waals surface area contributed by atoms with E-state index in [-0.39, 0.29) is 24.4 Å². The molecule has 0 aromatic carbocycles. The number of carbonyl (C=O) groups is 2. The molecule has 2 atom stereocenters. The van der Waals surface area contributed by atoms with E-state index in [2.05, 4.69) is 20.4 Å². The number of carbonyl (C=O) groups excluding carboxylic acids is 2. The first-order chi connectivity index (χ1) is 14.5. The van der Waals surface area contributed by atoms with Gasteiger partial charge in [-0.3, -0.25) is 9.78 Å². The number of hydrogen-bond donors (Lipinski definition) is 1. The minimum absolute atomic E-state index is 0.0330. The number of amides is 2. The van der Waals surface area contributed by atoms with Crippen molar-refractivity contribution in [1.82, 2.24) is 24.9 Å². The van der Waals surface area contributed by atoms with E-state index in [1.54, 1.807) is 12.3 Å². The lowest BCUT2D eigenvalue weighted by Gasteiger charge is -2.20. The van der Waals surface area contributed by atoms with Gasteiger partial charge in [0.2, 0.25) is 0 Å². The lowest BCUT2D eigenvalue weighted by atomic mass is 10.1. The van der Waals surface area contributed by atoms with Gasteiger partial charge in [0.1, 0.15) is 29.8 Å². The molecule has 2 unspecified atom stereocenters. The Morgan fingerprint density at radius 3 is 3.00 bits per heavy atom. The predicted molar refractivity (Wildman–Crippen MR) is 104 cm³/mol. The van der Waals surface area contributed by atoms with Gasteiger partial charge in [-0.1, -0.05) is 0 Å². The minimum atomic E-state index is -0.619. The topological polar surface area (TPSA) is 102 Å². The van der Waals surface area contributed by atoms with Crippen molar-refractivity contribution in [2.75, 3.05) is 11.5 Å². The number of cyclic esters (lactones) is 1. The van der Waals surface area contributed by atoms with Crippen molar-refractivity contribution in [2.24, 2.45) is 0 Å². The van der Waals surface area contributed by atoms with E-state index in [0.717, 1.165) is 6.42 Å². The third kappa shape index (κ3) is 3.14. The number of aryl methyl sites for hydroxylation is 1. The Balaban J connectivity index is 1.67. The number of anilines is 1. The zero-order chi connectivity index (χ0) is 20.8. The predicted octanol–water partition coefficient (Wildman–Crippen LogP) is 2.42. The summed E-state index contributed by atoms with van der Waals surface area (Å²) in [6.07, 6.45) is 4.43. The van der Waals surface area contributed by atoms with Gasteiger partial charge < -0.3 is 10.1 Å². The summed E-state index contributed by atoms with van der Waals surface area (Å²) < 4.78 is 21.0. The van der Waals surface area contributed by atoms with Gasteiger partial charge in [-0.25, -0.2) is 23.6 Å². The lowest BCUT2D eigenvalue weighted by molar-refractivity contribution is 0.0939. The largest absolute Gasteiger partial charge is 0.446 e. The molecule has 10 heteroatoms. The molecule has 0 spiro atoms. The highest BCUT2D eigenvalue weighted by atomic mass is 19.1. The quantitative estimate of drug-likeness (QED) is 0.611. The van der Waals surface area contributed by atoms with E-state index in [9.17, 15) is 14.0 Å². The first-order valence-electron chi connectivity index (χ1n) is 9.77. The highest BCUT2D eigenvalue weighted by Crippen LogP contribution is 2.32. The maximum absolute atomic E-state index is 14.3. The van der Waals surface area contributed by atoms with Crippen LogP contribution in [0.1, 0.15) is 47.6 Å². The molecule has 5 heterocycles. The van der Waals surface area contributed by atoms with Crippen LogP contribution in [0.3, 0.4) is 0 Å². The van der Waals surface area contributed by atoms with Crippen molar-refractivity contribution >= 4 is 23.5 Å². The number of rotatable bonds is 0. The van der Waals surface area contributed by atoms with E-state index < -0.39 is 18.0 Å². The van der Waals surface area contributed by atoms with Gasteiger partial charge in [-0.15, -0.1) is 0 Å². The normalized spacial score (nSPS) is 21.7. The van der Waals surface area contributed by atoms with E-state index in [1.165, 1.54) is 27.7 Å². The van der Waals surface area contributed by atoms with Crippen LogP contribution in [0, 0.1) is 5.82 Å². The number of nitrogens with one attached hydrogen (secondary N) is 1. The second-order valence-electron chi connectivity index (χ2n) is 7.54. The Kier molecular flexibility index (Phi) is 4.34. The summed E-state index contributed by atoms with van der Waals surface area (Å²) in [6.45, 7) is 1.95. The molecule has 9 nitrogen and oxygen atoms in total. The number of halogens is 1. The number of pyridine rings is 1. The fraction of sp³-hybridized carbons (Fsp3) is 0.350. The van der Waals surface area contributed by atoms with Gasteiger partial charge in [0, 0.05) is 17.9 Å². The van der Waals surface area contributed by atoms with Crippen LogP contribution < -0.4 is 10.2 Å². The van der Waals surface area contributed by atoms with Gasteiger partial charge in [-0.05, 0) is 44.4 Å². The van der Waals surface area contributed by atoms with Crippen molar-refractivity contribution in [3.8, 4) is 0 Å². The molecule has 2 amide bonds. The van der Waals surface area contributed by atoms with E-state index >= 15 is 0 Å². The summed E-state index contributed by atoms with van der Waals surface area (Å²) in [5.41, 5.74) is 1.63. The van der Waals surface area contributed by atoms with Crippen LogP contribution in [0.5, 0.6) is 0 Å². The van der Waals surface area contributed by atoms with Crippen LogP contribution >= 0.6 is 0 Å². The van der Waals surface area contributed by atoms with Crippen LogP contribution in [0.4, 0.5) is 15.0 Å².